The summed E-state index contributed by atoms with van der Waals surface area (Å²) in [5, 5.41) is 1.27. The Morgan fingerprint density at radius 2 is 1.92 bits per heavy atom. The van der Waals surface area contributed by atoms with Gasteiger partial charge >= 0.3 is 0 Å². The Morgan fingerprint density at radius 1 is 1.17 bits per heavy atom. The molecule has 0 spiro atoms. The third-order valence-corrected chi connectivity index (χ3v) is 6.16. The third-order valence-electron chi connectivity index (χ3n) is 6.16. The van der Waals surface area contributed by atoms with Crippen LogP contribution < -0.4 is 0 Å². The molecule has 24 heavy (non-hydrogen) atoms. The van der Waals surface area contributed by atoms with Crippen molar-refractivity contribution >= 4 is 11.0 Å². The molecule has 0 amide bonds. The molecule has 2 aromatic rings. The molecular weight excluding hydrogens is 296 g/mol. The minimum absolute atomic E-state index is 0.571. The van der Waals surface area contributed by atoms with Crippen LogP contribution >= 0.6 is 0 Å². The molecule has 2 aliphatic rings. The normalized spacial score (nSPS) is 23.8. The first-order valence-electron chi connectivity index (χ1n) is 9.48. The Bertz CT molecular complexity index is 672. The van der Waals surface area contributed by atoms with E-state index in [0.29, 0.717) is 5.41 Å². The Labute approximate surface area is 145 Å². The fourth-order valence-electron chi connectivity index (χ4n) is 4.42. The standard InChI is InChI=1S/C20H30N4/c1-20(2)7-5-17(6-8-20)24-12-10-23(11-13-24)15-16-14-22-19-18(16)4-3-9-21-19/h3-4,9,14,17H,5-8,10-13,15H2,1-2H3,(H,21,22). The molecule has 2 aromatic heterocycles. The number of aromatic nitrogens is 2. The molecule has 1 N–H and O–H groups in total. The van der Waals surface area contributed by atoms with Gasteiger partial charge in [0.15, 0.2) is 0 Å². The minimum atomic E-state index is 0.571. The maximum absolute atomic E-state index is 4.40. The Morgan fingerprint density at radius 3 is 2.67 bits per heavy atom. The number of piperazine rings is 1. The van der Waals surface area contributed by atoms with E-state index in [0.717, 1.165) is 18.2 Å². The second kappa shape index (κ2) is 6.49. The summed E-state index contributed by atoms with van der Waals surface area (Å²) in [6.07, 6.45) is 9.54. The monoisotopic (exact) mass is 326 g/mol. The van der Waals surface area contributed by atoms with Crippen molar-refractivity contribution in [1.82, 2.24) is 19.8 Å². The molecule has 1 aliphatic heterocycles. The summed E-state index contributed by atoms with van der Waals surface area (Å²) < 4.78 is 0. The molecule has 1 aliphatic carbocycles. The van der Waals surface area contributed by atoms with E-state index in [4.69, 9.17) is 0 Å². The van der Waals surface area contributed by atoms with E-state index >= 15 is 0 Å². The van der Waals surface area contributed by atoms with Crippen LogP contribution in [0.2, 0.25) is 0 Å². The zero-order chi connectivity index (χ0) is 16.6. The highest BCUT2D eigenvalue weighted by Gasteiger charge is 2.31. The zero-order valence-corrected chi connectivity index (χ0v) is 15.1. The van der Waals surface area contributed by atoms with E-state index in [-0.39, 0.29) is 0 Å². The van der Waals surface area contributed by atoms with Crippen molar-refractivity contribution < 1.29 is 0 Å². The highest BCUT2D eigenvalue weighted by molar-refractivity contribution is 5.79. The van der Waals surface area contributed by atoms with E-state index < -0.39 is 0 Å². The lowest BCUT2D eigenvalue weighted by Crippen LogP contribution is -2.51. The highest BCUT2D eigenvalue weighted by atomic mass is 15.3. The number of pyridine rings is 1. The first-order chi connectivity index (χ1) is 11.6. The molecule has 1 saturated carbocycles. The van der Waals surface area contributed by atoms with Crippen molar-refractivity contribution in [2.75, 3.05) is 26.2 Å². The highest BCUT2D eigenvalue weighted by Crippen LogP contribution is 2.37. The van der Waals surface area contributed by atoms with Crippen LogP contribution in [0.1, 0.15) is 45.1 Å². The van der Waals surface area contributed by atoms with Gasteiger partial charge in [-0.3, -0.25) is 9.80 Å². The predicted octanol–water partition coefficient (Wildman–Crippen LogP) is 3.65. The summed E-state index contributed by atoms with van der Waals surface area (Å²) in [6, 6.07) is 5.04. The average molecular weight is 326 g/mol. The molecule has 0 radical (unpaired) electrons. The molecule has 130 valence electrons. The van der Waals surface area contributed by atoms with Crippen LogP contribution in [0, 0.1) is 5.41 Å². The summed E-state index contributed by atoms with van der Waals surface area (Å²) in [7, 11) is 0. The third kappa shape index (κ3) is 3.35. The SMILES string of the molecule is CC1(C)CCC(N2CCN(Cc3c[nH]c4ncccc34)CC2)CC1. The number of nitrogens with one attached hydrogen (secondary N) is 1. The summed E-state index contributed by atoms with van der Waals surface area (Å²) in [4.78, 5) is 13.0. The smallest absolute Gasteiger partial charge is 0.137 e. The van der Waals surface area contributed by atoms with Gasteiger partial charge in [-0.05, 0) is 48.8 Å². The van der Waals surface area contributed by atoms with Crippen molar-refractivity contribution in [3.05, 3.63) is 30.1 Å². The van der Waals surface area contributed by atoms with Gasteiger partial charge in [0.05, 0.1) is 0 Å². The Hall–Kier alpha value is -1.39. The van der Waals surface area contributed by atoms with Gasteiger partial charge in [0.1, 0.15) is 5.65 Å². The summed E-state index contributed by atoms with van der Waals surface area (Å²) in [5.74, 6) is 0. The maximum atomic E-state index is 4.40. The van der Waals surface area contributed by atoms with Gasteiger partial charge in [-0.2, -0.15) is 0 Å². The maximum Gasteiger partial charge on any atom is 0.137 e. The van der Waals surface area contributed by atoms with Crippen molar-refractivity contribution in [3.63, 3.8) is 0 Å². The van der Waals surface area contributed by atoms with Crippen LogP contribution in [0.15, 0.2) is 24.5 Å². The Balaban J connectivity index is 1.32. The van der Waals surface area contributed by atoms with Crippen LogP contribution in [0.5, 0.6) is 0 Å². The molecule has 1 saturated heterocycles. The Kier molecular flexibility index (Phi) is 4.35. The summed E-state index contributed by atoms with van der Waals surface area (Å²) >= 11 is 0. The van der Waals surface area contributed by atoms with Crippen LogP contribution in [0.4, 0.5) is 0 Å². The number of fused-ring (bicyclic) bond motifs is 1. The van der Waals surface area contributed by atoms with Crippen molar-refractivity contribution in [2.45, 2.75) is 52.1 Å². The topological polar surface area (TPSA) is 35.2 Å². The lowest BCUT2D eigenvalue weighted by Gasteiger charge is -2.43. The molecule has 0 bridgehead atoms. The molecule has 4 nitrogen and oxygen atoms in total. The van der Waals surface area contributed by atoms with E-state index in [2.05, 4.69) is 45.9 Å². The molecule has 0 unspecified atom stereocenters. The van der Waals surface area contributed by atoms with Crippen molar-refractivity contribution in [1.29, 1.82) is 0 Å². The average Bonchev–Trinajstić information content (AvgIpc) is 2.99. The predicted molar refractivity (Wildman–Crippen MR) is 99.0 cm³/mol. The quantitative estimate of drug-likeness (QED) is 0.935. The second-order valence-electron chi connectivity index (χ2n) is 8.42. The van der Waals surface area contributed by atoms with Crippen molar-refractivity contribution in [2.24, 2.45) is 5.41 Å². The van der Waals surface area contributed by atoms with Crippen LogP contribution in [0.25, 0.3) is 11.0 Å². The van der Waals surface area contributed by atoms with Crippen LogP contribution in [-0.2, 0) is 6.54 Å². The van der Waals surface area contributed by atoms with Crippen molar-refractivity contribution in [3.8, 4) is 0 Å². The fourth-order valence-corrected chi connectivity index (χ4v) is 4.42. The van der Waals surface area contributed by atoms with Gasteiger partial charge < -0.3 is 4.98 Å². The van der Waals surface area contributed by atoms with Crippen LogP contribution in [0.3, 0.4) is 0 Å². The van der Waals surface area contributed by atoms with Gasteiger partial charge in [0, 0.05) is 56.5 Å². The largest absolute Gasteiger partial charge is 0.346 e. The van der Waals surface area contributed by atoms with Gasteiger partial charge in [0.25, 0.3) is 0 Å². The van der Waals surface area contributed by atoms with Gasteiger partial charge in [-0.15, -0.1) is 0 Å². The van der Waals surface area contributed by atoms with E-state index in [1.807, 2.05) is 12.3 Å². The summed E-state index contributed by atoms with van der Waals surface area (Å²) in [5.41, 5.74) is 2.96. The van der Waals surface area contributed by atoms with Crippen LogP contribution in [-0.4, -0.2) is 52.0 Å². The number of aromatic amines is 1. The number of rotatable bonds is 3. The minimum Gasteiger partial charge on any atom is -0.346 e. The number of hydrogen-bond donors (Lipinski definition) is 1. The first-order valence-corrected chi connectivity index (χ1v) is 9.48. The molecular formula is C20H30N4. The lowest BCUT2D eigenvalue weighted by atomic mass is 9.75. The van der Waals surface area contributed by atoms with E-state index in [1.54, 1.807) is 0 Å². The molecule has 0 aromatic carbocycles. The molecule has 0 atom stereocenters. The van der Waals surface area contributed by atoms with Gasteiger partial charge in [-0.1, -0.05) is 13.8 Å². The number of H-pyrrole nitrogens is 1. The fraction of sp³-hybridized carbons (Fsp3) is 0.650. The van der Waals surface area contributed by atoms with Gasteiger partial charge in [0.2, 0.25) is 0 Å². The summed E-state index contributed by atoms with van der Waals surface area (Å²) in [6.45, 7) is 10.7. The first kappa shape index (κ1) is 16.1. The number of hydrogen-bond acceptors (Lipinski definition) is 3. The van der Waals surface area contributed by atoms with E-state index in [1.165, 1.54) is 62.8 Å². The zero-order valence-electron chi connectivity index (χ0n) is 15.1. The molecule has 4 heteroatoms. The lowest BCUT2D eigenvalue weighted by molar-refractivity contribution is 0.0549. The molecule has 2 fully saturated rings. The second-order valence-corrected chi connectivity index (χ2v) is 8.42. The van der Waals surface area contributed by atoms with Gasteiger partial charge in [-0.25, -0.2) is 4.98 Å². The molecule has 4 rings (SSSR count). The molecule has 3 heterocycles. The van der Waals surface area contributed by atoms with E-state index in [9.17, 15) is 0 Å². The number of nitrogens with zero attached hydrogens (tertiary/aromatic N) is 3.